The van der Waals surface area contributed by atoms with Crippen LogP contribution in [0, 0.1) is 11.6 Å². The Balaban J connectivity index is 1.58. The van der Waals surface area contributed by atoms with E-state index in [1.165, 1.54) is 23.0 Å². The molecule has 0 radical (unpaired) electrons. The molecule has 0 saturated carbocycles. The molecule has 2 N–H and O–H groups in total. The Hall–Kier alpha value is -3.48. The Morgan fingerprint density at radius 1 is 1.21 bits per heavy atom. The summed E-state index contributed by atoms with van der Waals surface area (Å²) in [5.41, 5.74) is -1.28. The quantitative estimate of drug-likeness (QED) is 0.267. The van der Waals surface area contributed by atoms with Gasteiger partial charge in [-0.15, -0.1) is 0 Å². The van der Waals surface area contributed by atoms with E-state index in [1.54, 1.807) is 32.7 Å². The maximum Gasteiger partial charge on any atom is 0.410 e. The van der Waals surface area contributed by atoms with Crippen LogP contribution in [0.5, 0.6) is 11.6 Å². The Morgan fingerprint density at radius 2 is 1.95 bits per heavy atom. The molecule has 10 nitrogen and oxygen atoms in total. The molecule has 1 saturated heterocycles. The summed E-state index contributed by atoms with van der Waals surface area (Å²) >= 11 is 12.7. The van der Waals surface area contributed by atoms with Gasteiger partial charge in [-0.1, -0.05) is 18.5 Å². The third-order valence-electron chi connectivity index (χ3n) is 7.07. The molecule has 1 amide bonds. The molecule has 0 aliphatic carbocycles. The van der Waals surface area contributed by atoms with Crippen molar-refractivity contribution < 1.29 is 28.2 Å². The number of piperazine rings is 1. The average molecular weight is 623 g/mol. The van der Waals surface area contributed by atoms with Gasteiger partial charge in [-0.3, -0.25) is 4.68 Å². The van der Waals surface area contributed by atoms with Crippen LogP contribution in [-0.2, 0) is 11.8 Å². The summed E-state index contributed by atoms with van der Waals surface area (Å²) in [6.07, 6.45) is 1.77. The van der Waals surface area contributed by atoms with Crippen molar-refractivity contribution in [3.63, 3.8) is 0 Å². The molecule has 0 bridgehead atoms. The Morgan fingerprint density at radius 3 is 2.64 bits per heavy atom. The minimum atomic E-state index is -1.02. The maximum atomic E-state index is 16.2. The van der Waals surface area contributed by atoms with Crippen molar-refractivity contribution in [1.29, 1.82) is 0 Å². The van der Waals surface area contributed by atoms with E-state index < -0.39 is 46.1 Å². The molecule has 0 unspecified atom stereocenters. The first-order valence-electron chi connectivity index (χ1n) is 13.3. The first-order chi connectivity index (χ1) is 19.8. The highest BCUT2D eigenvalue weighted by Crippen LogP contribution is 2.48. The fourth-order valence-electron chi connectivity index (χ4n) is 5.13. The van der Waals surface area contributed by atoms with E-state index in [1.807, 2.05) is 6.92 Å². The van der Waals surface area contributed by atoms with Crippen molar-refractivity contribution in [3.05, 3.63) is 40.3 Å². The van der Waals surface area contributed by atoms with Crippen molar-refractivity contribution in [2.45, 2.75) is 51.8 Å². The SMILES string of the molecule is CC[C@@H]1CN[C@H](COc2c(Cl)c(-c3c(F)ccc4cnn(C)c34)c(F)c3nc(Cl)nc(O)c23)CN1C(=O)OC(C)(C)C. The molecule has 1 fully saturated rings. The summed E-state index contributed by atoms with van der Waals surface area (Å²) in [6, 6.07) is 2.21. The number of benzene rings is 2. The predicted molar refractivity (Wildman–Crippen MR) is 155 cm³/mol. The highest BCUT2D eigenvalue weighted by molar-refractivity contribution is 6.37. The van der Waals surface area contributed by atoms with Crippen LogP contribution in [0.1, 0.15) is 34.1 Å². The molecule has 224 valence electrons. The smallest absolute Gasteiger partial charge is 0.410 e. The van der Waals surface area contributed by atoms with Gasteiger partial charge < -0.3 is 24.8 Å². The topological polar surface area (TPSA) is 115 Å². The lowest BCUT2D eigenvalue weighted by Crippen LogP contribution is -2.60. The zero-order valence-corrected chi connectivity index (χ0v) is 25.1. The van der Waals surface area contributed by atoms with E-state index in [9.17, 15) is 9.90 Å². The molecule has 42 heavy (non-hydrogen) atoms. The summed E-state index contributed by atoms with van der Waals surface area (Å²) in [6.45, 7) is 8.02. The largest absolute Gasteiger partial charge is 0.493 e. The van der Waals surface area contributed by atoms with Gasteiger partial charge in [0.25, 0.3) is 0 Å². The van der Waals surface area contributed by atoms with Crippen LogP contribution in [0.25, 0.3) is 32.9 Å². The maximum absolute atomic E-state index is 16.2. The average Bonchev–Trinajstić information content (AvgIpc) is 3.29. The monoisotopic (exact) mass is 622 g/mol. The van der Waals surface area contributed by atoms with Crippen LogP contribution >= 0.6 is 23.2 Å². The number of fused-ring (bicyclic) bond motifs is 2. The predicted octanol–water partition coefficient (Wildman–Crippen LogP) is 5.84. The molecule has 2 aromatic heterocycles. The minimum Gasteiger partial charge on any atom is -0.493 e. The van der Waals surface area contributed by atoms with Gasteiger partial charge in [0.1, 0.15) is 28.9 Å². The van der Waals surface area contributed by atoms with E-state index in [4.69, 9.17) is 32.7 Å². The van der Waals surface area contributed by atoms with Gasteiger partial charge >= 0.3 is 6.09 Å². The van der Waals surface area contributed by atoms with Crippen LogP contribution in [-0.4, -0.2) is 73.2 Å². The second kappa shape index (κ2) is 11.3. The molecular formula is C28H30Cl2F2N6O4. The van der Waals surface area contributed by atoms with Crippen LogP contribution in [0.3, 0.4) is 0 Å². The second-order valence-corrected chi connectivity index (χ2v) is 11.8. The number of amides is 1. The third kappa shape index (κ3) is 5.50. The van der Waals surface area contributed by atoms with E-state index in [-0.39, 0.29) is 52.0 Å². The summed E-state index contributed by atoms with van der Waals surface area (Å²) < 4.78 is 44.7. The second-order valence-electron chi connectivity index (χ2n) is 11.1. The van der Waals surface area contributed by atoms with Crippen molar-refractivity contribution in [2.24, 2.45) is 7.05 Å². The van der Waals surface area contributed by atoms with Gasteiger partial charge in [-0.25, -0.2) is 18.6 Å². The highest BCUT2D eigenvalue weighted by atomic mass is 35.5. The van der Waals surface area contributed by atoms with E-state index in [0.717, 1.165) is 0 Å². The van der Waals surface area contributed by atoms with E-state index in [2.05, 4.69) is 20.4 Å². The summed E-state index contributed by atoms with van der Waals surface area (Å²) in [7, 11) is 1.59. The number of nitrogens with zero attached hydrogens (tertiary/aromatic N) is 5. The fraction of sp³-hybridized carbons (Fsp3) is 0.429. The zero-order chi connectivity index (χ0) is 30.5. The third-order valence-corrected chi connectivity index (χ3v) is 7.60. The fourth-order valence-corrected chi connectivity index (χ4v) is 5.62. The van der Waals surface area contributed by atoms with Gasteiger partial charge in [0.05, 0.1) is 22.8 Å². The van der Waals surface area contributed by atoms with Crippen molar-refractivity contribution in [3.8, 4) is 22.8 Å². The number of hydrogen-bond donors (Lipinski definition) is 2. The molecule has 2 aromatic carbocycles. The number of rotatable bonds is 5. The zero-order valence-electron chi connectivity index (χ0n) is 23.6. The number of aryl methyl sites for hydroxylation is 1. The Kier molecular flexibility index (Phi) is 8.08. The summed E-state index contributed by atoms with van der Waals surface area (Å²) in [5.74, 6) is -2.61. The number of halogens is 4. The van der Waals surface area contributed by atoms with Crippen molar-refractivity contribution in [1.82, 2.24) is 30.0 Å². The molecule has 0 spiro atoms. The van der Waals surface area contributed by atoms with Crippen LogP contribution < -0.4 is 10.1 Å². The number of nitrogens with one attached hydrogen (secondary N) is 1. The summed E-state index contributed by atoms with van der Waals surface area (Å²) in [4.78, 5) is 22.3. The highest BCUT2D eigenvalue weighted by Gasteiger charge is 2.35. The molecule has 4 aromatic rings. The molecule has 3 heterocycles. The van der Waals surface area contributed by atoms with Gasteiger partial charge in [0.15, 0.2) is 11.6 Å². The van der Waals surface area contributed by atoms with Crippen LogP contribution in [0.2, 0.25) is 10.3 Å². The van der Waals surface area contributed by atoms with E-state index in [0.29, 0.717) is 18.4 Å². The molecule has 1 aliphatic heterocycles. The molecular weight excluding hydrogens is 593 g/mol. The Labute approximate surface area is 250 Å². The van der Waals surface area contributed by atoms with Crippen molar-refractivity contribution in [2.75, 3.05) is 19.7 Å². The van der Waals surface area contributed by atoms with Crippen LogP contribution in [0.4, 0.5) is 13.6 Å². The standard InChI is InChI=1S/C28H30Cl2F2N6O4/c1-6-15-10-33-14(11-38(15)27(40)42-28(2,3)4)12-41-24-19-22(35-26(30)36-25(19)39)21(32)18(20(24)29)17-16(31)8-7-13-9-34-37(5)23(13)17/h7-9,14-15,33H,6,10-12H2,1-5H3,(H,35,36,39)/t14-,15+/m0/s1. The minimum absolute atomic E-state index is 0.0594. The normalized spacial score (nSPS) is 17.7. The number of hydrogen-bond acceptors (Lipinski definition) is 8. The van der Waals surface area contributed by atoms with Gasteiger partial charge in [0, 0.05) is 42.7 Å². The molecule has 2 atom stereocenters. The van der Waals surface area contributed by atoms with Gasteiger partial charge in [-0.2, -0.15) is 10.1 Å². The van der Waals surface area contributed by atoms with Crippen molar-refractivity contribution >= 4 is 51.1 Å². The molecule has 5 rings (SSSR count). The molecule has 1 aliphatic rings. The lowest BCUT2D eigenvalue weighted by atomic mass is 9.99. The number of aromatic hydroxyl groups is 1. The number of carbonyl (C=O) groups excluding carboxylic acids is 1. The lowest BCUT2D eigenvalue weighted by Gasteiger charge is -2.40. The van der Waals surface area contributed by atoms with Gasteiger partial charge in [0.2, 0.25) is 11.2 Å². The van der Waals surface area contributed by atoms with E-state index >= 15 is 8.78 Å². The first kappa shape index (κ1) is 30.0. The van der Waals surface area contributed by atoms with Gasteiger partial charge in [-0.05, 0) is 50.9 Å². The summed E-state index contributed by atoms with van der Waals surface area (Å²) in [5, 5.41) is 17.8. The number of ether oxygens (including phenoxy) is 2. The van der Waals surface area contributed by atoms with Crippen LogP contribution in [0.15, 0.2) is 18.3 Å². The lowest BCUT2D eigenvalue weighted by molar-refractivity contribution is 0.00472. The number of carbonyl (C=O) groups is 1. The number of aromatic nitrogens is 4. The first-order valence-corrected chi connectivity index (χ1v) is 14.1. The molecule has 14 heteroatoms. The Bertz CT molecular complexity index is 1690.